The lowest BCUT2D eigenvalue weighted by Crippen LogP contribution is -2.49. The molecule has 1 N–H and O–H groups in total. The minimum absolute atomic E-state index is 0.0381. The first-order chi connectivity index (χ1) is 16.6. The maximum Gasteiger partial charge on any atom is 0.261 e. The molecule has 2 unspecified atom stereocenters. The standard InChI is InChI=1S/C26H29Cl2N3O4/c1-4-16(2)29-24(33)17(3)31(15-20-21(27)11-7-12-22(20)28)23(32)13-8-14-30-25(34)18-9-5-6-10-19(18)26(30)35/h5-7,9-12,16-17H,4,8,13-15H2,1-3H3,(H,29,33). The van der Waals surface area contributed by atoms with E-state index >= 15 is 0 Å². The normalized spacial score (nSPS) is 14.5. The summed E-state index contributed by atoms with van der Waals surface area (Å²) in [6.45, 7) is 5.67. The molecule has 186 valence electrons. The molecule has 3 rings (SSSR count). The predicted octanol–water partition coefficient (Wildman–Crippen LogP) is 4.70. The molecule has 1 aliphatic rings. The summed E-state index contributed by atoms with van der Waals surface area (Å²) in [5, 5.41) is 3.70. The van der Waals surface area contributed by atoms with E-state index in [1.807, 2.05) is 13.8 Å². The van der Waals surface area contributed by atoms with Crippen molar-refractivity contribution in [2.45, 2.75) is 58.7 Å². The number of halogens is 2. The van der Waals surface area contributed by atoms with E-state index in [9.17, 15) is 19.2 Å². The summed E-state index contributed by atoms with van der Waals surface area (Å²) in [5.74, 6) is -1.31. The Morgan fingerprint density at radius 1 is 0.971 bits per heavy atom. The summed E-state index contributed by atoms with van der Waals surface area (Å²) < 4.78 is 0. The molecule has 9 heteroatoms. The average Bonchev–Trinajstić information content (AvgIpc) is 3.08. The van der Waals surface area contributed by atoms with Crippen molar-refractivity contribution in [3.63, 3.8) is 0 Å². The Labute approximate surface area is 215 Å². The number of nitrogens with one attached hydrogen (secondary N) is 1. The molecule has 0 radical (unpaired) electrons. The first kappa shape index (κ1) is 26.7. The van der Waals surface area contributed by atoms with Gasteiger partial charge in [-0.1, -0.05) is 48.3 Å². The molecule has 0 saturated heterocycles. The van der Waals surface area contributed by atoms with Crippen LogP contribution in [0.4, 0.5) is 0 Å². The summed E-state index contributed by atoms with van der Waals surface area (Å²) in [6, 6.07) is 10.9. The Kier molecular flexibility index (Phi) is 8.92. The van der Waals surface area contributed by atoms with Gasteiger partial charge < -0.3 is 10.2 Å². The number of hydrogen-bond donors (Lipinski definition) is 1. The van der Waals surface area contributed by atoms with Crippen LogP contribution in [0.25, 0.3) is 0 Å². The lowest BCUT2D eigenvalue weighted by atomic mass is 10.1. The van der Waals surface area contributed by atoms with Gasteiger partial charge in [0.25, 0.3) is 11.8 Å². The minimum atomic E-state index is -0.775. The maximum atomic E-state index is 13.3. The smallest absolute Gasteiger partial charge is 0.261 e. The van der Waals surface area contributed by atoms with Crippen LogP contribution in [-0.4, -0.2) is 52.1 Å². The summed E-state index contributed by atoms with van der Waals surface area (Å²) in [7, 11) is 0. The largest absolute Gasteiger partial charge is 0.352 e. The van der Waals surface area contributed by atoms with Gasteiger partial charge in [0.05, 0.1) is 11.1 Å². The summed E-state index contributed by atoms with van der Waals surface area (Å²) >= 11 is 12.7. The number of nitrogens with zero attached hydrogens (tertiary/aromatic N) is 2. The minimum Gasteiger partial charge on any atom is -0.352 e. The molecule has 35 heavy (non-hydrogen) atoms. The van der Waals surface area contributed by atoms with Crippen LogP contribution >= 0.6 is 23.2 Å². The molecule has 0 saturated carbocycles. The maximum absolute atomic E-state index is 13.3. The summed E-state index contributed by atoms with van der Waals surface area (Å²) in [6.07, 6.45) is 1.05. The summed E-state index contributed by atoms with van der Waals surface area (Å²) in [4.78, 5) is 53.9. The molecule has 2 aromatic rings. The highest BCUT2D eigenvalue weighted by molar-refractivity contribution is 6.36. The molecule has 0 spiro atoms. The Morgan fingerprint density at radius 2 is 1.54 bits per heavy atom. The van der Waals surface area contributed by atoms with E-state index in [-0.39, 0.29) is 55.6 Å². The molecular weight excluding hydrogens is 489 g/mol. The third-order valence-corrected chi connectivity index (χ3v) is 6.92. The molecule has 4 amide bonds. The molecule has 0 aliphatic carbocycles. The Bertz CT molecular complexity index is 1080. The highest BCUT2D eigenvalue weighted by atomic mass is 35.5. The molecule has 2 atom stereocenters. The topological polar surface area (TPSA) is 86.8 Å². The van der Waals surface area contributed by atoms with E-state index in [1.54, 1.807) is 49.4 Å². The number of benzene rings is 2. The molecule has 0 aromatic heterocycles. The average molecular weight is 518 g/mol. The van der Waals surface area contributed by atoms with Crippen LogP contribution in [0.5, 0.6) is 0 Å². The Hall–Kier alpha value is -2.90. The van der Waals surface area contributed by atoms with Gasteiger partial charge in [-0.05, 0) is 51.0 Å². The number of imide groups is 1. The number of amides is 4. The number of rotatable bonds is 10. The highest BCUT2D eigenvalue weighted by Gasteiger charge is 2.35. The van der Waals surface area contributed by atoms with Crippen molar-refractivity contribution in [1.29, 1.82) is 0 Å². The van der Waals surface area contributed by atoms with Crippen molar-refractivity contribution in [3.8, 4) is 0 Å². The predicted molar refractivity (Wildman–Crippen MR) is 135 cm³/mol. The summed E-state index contributed by atoms with van der Waals surface area (Å²) in [5.41, 5.74) is 1.29. The zero-order valence-electron chi connectivity index (χ0n) is 20.0. The van der Waals surface area contributed by atoms with Gasteiger partial charge in [0.15, 0.2) is 0 Å². The second kappa shape index (κ2) is 11.7. The van der Waals surface area contributed by atoms with Gasteiger partial charge in [-0.25, -0.2) is 0 Å². The number of carbonyl (C=O) groups is 4. The van der Waals surface area contributed by atoms with Crippen LogP contribution in [0.15, 0.2) is 42.5 Å². The molecule has 1 aliphatic heterocycles. The van der Waals surface area contributed by atoms with Gasteiger partial charge >= 0.3 is 0 Å². The second-order valence-electron chi connectivity index (χ2n) is 8.63. The van der Waals surface area contributed by atoms with Crippen molar-refractivity contribution in [2.75, 3.05) is 6.54 Å². The van der Waals surface area contributed by atoms with Crippen molar-refractivity contribution in [1.82, 2.24) is 15.1 Å². The molecule has 2 aromatic carbocycles. The van der Waals surface area contributed by atoms with Crippen LogP contribution in [0.1, 0.15) is 66.3 Å². The third-order valence-electron chi connectivity index (χ3n) is 6.21. The fourth-order valence-electron chi connectivity index (χ4n) is 3.88. The molecule has 7 nitrogen and oxygen atoms in total. The van der Waals surface area contributed by atoms with Crippen LogP contribution in [0, 0.1) is 0 Å². The van der Waals surface area contributed by atoms with E-state index in [0.717, 1.165) is 11.3 Å². The molecule has 0 fully saturated rings. The number of hydrogen-bond acceptors (Lipinski definition) is 4. The van der Waals surface area contributed by atoms with Crippen LogP contribution in [-0.2, 0) is 16.1 Å². The number of carbonyl (C=O) groups excluding carboxylic acids is 4. The van der Waals surface area contributed by atoms with Crippen LogP contribution in [0.2, 0.25) is 10.0 Å². The fraction of sp³-hybridized carbons (Fsp3) is 0.385. The zero-order chi connectivity index (χ0) is 25.7. The molecule has 1 heterocycles. The SMILES string of the molecule is CCC(C)NC(=O)C(C)N(Cc1c(Cl)cccc1Cl)C(=O)CCCN1C(=O)c2ccccc2C1=O. The van der Waals surface area contributed by atoms with Gasteiger partial charge in [0, 0.05) is 41.2 Å². The second-order valence-corrected chi connectivity index (χ2v) is 9.44. The first-order valence-electron chi connectivity index (χ1n) is 11.6. The van der Waals surface area contributed by atoms with Gasteiger partial charge in [0.1, 0.15) is 6.04 Å². The van der Waals surface area contributed by atoms with Crippen molar-refractivity contribution < 1.29 is 19.2 Å². The Balaban J connectivity index is 1.72. The van der Waals surface area contributed by atoms with Crippen molar-refractivity contribution >= 4 is 46.8 Å². The fourth-order valence-corrected chi connectivity index (χ4v) is 4.39. The van der Waals surface area contributed by atoms with Crippen LogP contribution < -0.4 is 5.32 Å². The van der Waals surface area contributed by atoms with E-state index in [0.29, 0.717) is 26.7 Å². The van der Waals surface area contributed by atoms with Gasteiger partial charge in [-0.2, -0.15) is 0 Å². The van der Waals surface area contributed by atoms with Gasteiger partial charge in [-0.15, -0.1) is 0 Å². The van der Waals surface area contributed by atoms with E-state index in [4.69, 9.17) is 23.2 Å². The molecular formula is C26H29Cl2N3O4. The van der Waals surface area contributed by atoms with E-state index in [2.05, 4.69) is 5.32 Å². The molecule has 0 bridgehead atoms. The first-order valence-corrected chi connectivity index (χ1v) is 12.4. The van der Waals surface area contributed by atoms with E-state index in [1.165, 1.54) is 4.90 Å². The van der Waals surface area contributed by atoms with Gasteiger partial charge in [-0.3, -0.25) is 24.1 Å². The number of fused-ring (bicyclic) bond motifs is 1. The lowest BCUT2D eigenvalue weighted by Gasteiger charge is -2.30. The van der Waals surface area contributed by atoms with E-state index < -0.39 is 6.04 Å². The Morgan fingerprint density at radius 3 is 2.09 bits per heavy atom. The van der Waals surface area contributed by atoms with Crippen molar-refractivity contribution in [3.05, 3.63) is 69.2 Å². The monoisotopic (exact) mass is 517 g/mol. The lowest BCUT2D eigenvalue weighted by molar-refractivity contribution is -0.141. The zero-order valence-corrected chi connectivity index (χ0v) is 21.5. The van der Waals surface area contributed by atoms with Crippen LogP contribution in [0.3, 0.4) is 0 Å². The van der Waals surface area contributed by atoms with Gasteiger partial charge in [0.2, 0.25) is 11.8 Å². The quantitative estimate of drug-likeness (QED) is 0.462. The highest BCUT2D eigenvalue weighted by Crippen LogP contribution is 2.27. The third kappa shape index (κ3) is 6.03. The van der Waals surface area contributed by atoms with Crippen molar-refractivity contribution in [2.24, 2.45) is 0 Å².